The Labute approximate surface area is 129 Å². The summed E-state index contributed by atoms with van der Waals surface area (Å²) in [5.74, 6) is 1.06. The number of aldehydes is 1. The molecule has 22 heavy (non-hydrogen) atoms. The van der Waals surface area contributed by atoms with E-state index in [9.17, 15) is 4.79 Å². The van der Waals surface area contributed by atoms with Crippen LogP contribution >= 0.6 is 0 Å². The molecule has 1 aromatic carbocycles. The molecule has 0 aliphatic rings. The molecular weight excluding hydrogens is 276 g/mol. The minimum absolute atomic E-state index is 0.571. The maximum absolute atomic E-state index is 10.6. The molecule has 2 heterocycles. The molecule has 0 unspecified atom stereocenters. The van der Waals surface area contributed by atoms with Gasteiger partial charge in [-0.2, -0.15) is 0 Å². The number of rotatable bonds is 6. The summed E-state index contributed by atoms with van der Waals surface area (Å²) in [5, 5.41) is 1.06. The van der Waals surface area contributed by atoms with Crippen molar-refractivity contribution >= 4 is 33.9 Å². The summed E-state index contributed by atoms with van der Waals surface area (Å²) in [6.45, 7) is 2.94. The van der Waals surface area contributed by atoms with E-state index in [4.69, 9.17) is 10.7 Å². The molecule has 0 bridgehead atoms. The molecule has 5 nitrogen and oxygen atoms in total. The van der Waals surface area contributed by atoms with Gasteiger partial charge in [0.25, 0.3) is 0 Å². The minimum atomic E-state index is 0.571. The van der Waals surface area contributed by atoms with Crippen LogP contribution in [0.25, 0.3) is 21.9 Å². The molecule has 3 rings (SSSR count). The number of fused-ring (bicyclic) bond motifs is 3. The lowest BCUT2D eigenvalue weighted by molar-refractivity contribution is -0.107. The van der Waals surface area contributed by atoms with Crippen LogP contribution in [0.2, 0.25) is 0 Å². The average molecular weight is 296 g/mol. The highest BCUT2D eigenvalue weighted by Gasteiger charge is 2.13. The molecular formula is C17H20N4O. The summed E-state index contributed by atoms with van der Waals surface area (Å²) < 4.78 is 2.24. The molecule has 2 aromatic heterocycles. The number of pyridine rings is 1. The second-order valence-corrected chi connectivity index (χ2v) is 5.51. The average Bonchev–Trinajstić information content (AvgIpc) is 2.86. The van der Waals surface area contributed by atoms with Crippen molar-refractivity contribution in [3.8, 4) is 0 Å². The third kappa shape index (κ3) is 2.54. The number of hydrogen-bond acceptors (Lipinski definition) is 4. The second kappa shape index (κ2) is 6.13. The molecule has 0 saturated carbocycles. The van der Waals surface area contributed by atoms with Crippen LogP contribution < -0.4 is 5.73 Å². The van der Waals surface area contributed by atoms with Crippen LogP contribution in [0.4, 0.5) is 5.69 Å². The fourth-order valence-electron chi connectivity index (χ4n) is 2.87. The highest BCUT2D eigenvalue weighted by Crippen LogP contribution is 2.27. The lowest BCUT2D eigenvalue weighted by atomic mass is 10.1. The van der Waals surface area contributed by atoms with Crippen LogP contribution in [0.15, 0.2) is 24.4 Å². The normalized spacial score (nSPS) is 11.3. The highest BCUT2D eigenvalue weighted by molar-refractivity contribution is 6.03. The standard InChI is InChI=1S/C17H20N4O/c1-2-5-16-20-15-11-19-14-10-12(18)6-7-13(14)17(15)21(16)8-3-4-9-22/h6-7,9-11H,2-5,8,18H2,1H3. The number of nitrogen functional groups attached to an aromatic ring is 1. The van der Waals surface area contributed by atoms with E-state index in [-0.39, 0.29) is 0 Å². The SMILES string of the molecule is CCCc1nc2cnc3cc(N)ccc3c2n1CCCC=O. The summed E-state index contributed by atoms with van der Waals surface area (Å²) >= 11 is 0. The molecule has 0 radical (unpaired) electrons. The van der Waals surface area contributed by atoms with E-state index in [0.717, 1.165) is 59.9 Å². The van der Waals surface area contributed by atoms with Crippen LogP contribution in [0.5, 0.6) is 0 Å². The first kappa shape index (κ1) is 14.5. The number of aryl methyl sites for hydroxylation is 2. The summed E-state index contributed by atoms with van der Waals surface area (Å²) in [4.78, 5) is 19.8. The maximum Gasteiger partial charge on any atom is 0.120 e. The topological polar surface area (TPSA) is 73.8 Å². The van der Waals surface area contributed by atoms with E-state index in [1.807, 2.05) is 24.4 Å². The zero-order valence-electron chi connectivity index (χ0n) is 12.7. The number of carbonyl (C=O) groups excluding carboxylic acids is 1. The Morgan fingerprint density at radius 2 is 2.18 bits per heavy atom. The first-order chi connectivity index (χ1) is 10.7. The monoisotopic (exact) mass is 296 g/mol. The Morgan fingerprint density at radius 1 is 1.32 bits per heavy atom. The highest BCUT2D eigenvalue weighted by atomic mass is 16.1. The van der Waals surface area contributed by atoms with Crippen LogP contribution in [0.1, 0.15) is 32.0 Å². The number of hydrogen-bond donors (Lipinski definition) is 1. The number of imidazole rings is 1. The molecule has 0 spiro atoms. The first-order valence-electron chi connectivity index (χ1n) is 7.71. The van der Waals surface area contributed by atoms with Crippen molar-refractivity contribution in [2.75, 3.05) is 5.73 Å². The van der Waals surface area contributed by atoms with Gasteiger partial charge in [-0.3, -0.25) is 4.98 Å². The van der Waals surface area contributed by atoms with Gasteiger partial charge < -0.3 is 15.1 Å². The molecule has 0 aliphatic heterocycles. The molecule has 5 heteroatoms. The van der Waals surface area contributed by atoms with Gasteiger partial charge in [0.05, 0.1) is 17.2 Å². The van der Waals surface area contributed by atoms with Gasteiger partial charge in [-0.25, -0.2) is 4.98 Å². The predicted molar refractivity (Wildman–Crippen MR) is 88.7 cm³/mol. The van der Waals surface area contributed by atoms with Gasteiger partial charge in [-0.05, 0) is 31.0 Å². The summed E-state index contributed by atoms with van der Waals surface area (Å²) in [6.07, 6.45) is 6.14. The van der Waals surface area contributed by atoms with Gasteiger partial charge in [0.15, 0.2) is 0 Å². The zero-order valence-corrected chi connectivity index (χ0v) is 12.7. The van der Waals surface area contributed by atoms with Crippen molar-refractivity contribution < 1.29 is 4.79 Å². The van der Waals surface area contributed by atoms with E-state index in [1.54, 1.807) is 0 Å². The van der Waals surface area contributed by atoms with Gasteiger partial charge in [0.1, 0.15) is 17.6 Å². The van der Waals surface area contributed by atoms with E-state index in [1.165, 1.54) is 0 Å². The Bertz CT molecular complexity index is 822. The lowest BCUT2D eigenvalue weighted by Crippen LogP contribution is -2.04. The number of anilines is 1. The first-order valence-corrected chi connectivity index (χ1v) is 7.71. The predicted octanol–water partition coefficient (Wildman–Crippen LogP) is 3.10. The van der Waals surface area contributed by atoms with E-state index in [2.05, 4.69) is 16.5 Å². The lowest BCUT2D eigenvalue weighted by Gasteiger charge is -2.09. The third-order valence-electron chi connectivity index (χ3n) is 3.85. The van der Waals surface area contributed by atoms with Crippen molar-refractivity contribution in [3.05, 3.63) is 30.2 Å². The molecule has 0 aliphatic carbocycles. The molecule has 3 aromatic rings. The molecule has 114 valence electrons. The van der Waals surface area contributed by atoms with Gasteiger partial charge in [-0.15, -0.1) is 0 Å². The number of nitrogens with two attached hydrogens (primary N) is 1. The number of benzene rings is 1. The Hall–Kier alpha value is -2.43. The number of unbranched alkanes of at least 4 members (excludes halogenated alkanes) is 1. The van der Waals surface area contributed by atoms with E-state index in [0.29, 0.717) is 12.1 Å². The smallest absolute Gasteiger partial charge is 0.120 e. The number of nitrogens with zero attached hydrogens (tertiary/aromatic N) is 3. The molecule has 0 fully saturated rings. The molecule has 0 amide bonds. The molecule has 2 N–H and O–H groups in total. The van der Waals surface area contributed by atoms with Crippen molar-refractivity contribution in [3.63, 3.8) is 0 Å². The number of carbonyl (C=O) groups is 1. The van der Waals surface area contributed by atoms with Crippen LogP contribution in [-0.4, -0.2) is 20.8 Å². The largest absolute Gasteiger partial charge is 0.399 e. The van der Waals surface area contributed by atoms with Crippen molar-refractivity contribution in [2.45, 2.75) is 39.2 Å². The van der Waals surface area contributed by atoms with Gasteiger partial charge in [-0.1, -0.05) is 6.92 Å². The van der Waals surface area contributed by atoms with Crippen LogP contribution in [0, 0.1) is 0 Å². The van der Waals surface area contributed by atoms with Gasteiger partial charge in [0.2, 0.25) is 0 Å². The van der Waals surface area contributed by atoms with Gasteiger partial charge >= 0.3 is 0 Å². The summed E-state index contributed by atoms with van der Waals surface area (Å²) in [6, 6.07) is 5.79. The minimum Gasteiger partial charge on any atom is -0.399 e. The fraction of sp³-hybridized carbons (Fsp3) is 0.353. The third-order valence-corrected chi connectivity index (χ3v) is 3.85. The quantitative estimate of drug-likeness (QED) is 0.431. The van der Waals surface area contributed by atoms with E-state index >= 15 is 0 Å². The van der Waals surface area contributed by atoms with Crippen molar-refractivity contribution in [1.29, 1.82) is 0 Å². The Morgan fingerprint density at radius 3 is 2.95 bits per heavy atom. The molecule has 0 saturated heterocycles. The van der Waals surface area contributed by atoms with Crippen LogP contribution in [0.3, 0.4) is 0 Å². The maximum atomic E-state index is 10.6. The van der Waals surface area contributed by atoms with Gasteiger partial charge in [0, 0.05) is 30.5 Å². The van der Waals surface area contributed by atoms with Crippen molar-refractivity contribution in [1.82, 2.24) is 14.5 Å². The second-order valence-electron chi connectivity index (χ2n) is 5.51. The Kier molecular flexibility index (Phi) is 4.04. The molecule has 0 atom stereocenters. The van der Waals surface area contributed by atoms with Crippen molar-refractivity contribution in [2.24, 2.45) is 0 Å². The summed E-state index contributed by atoms with van der Waals surface area (Å²) in [7, 11) is 0. The summed E-state index contributed by atoms with van der Waals surface area (Å²) in [5.41, 5.74) is 9.45. The van der Waals surface area contributed by atoms with E-state index < -0.39 is 0 Å². The fourth-order valence-corrected chi connectivity index (χ4v) is 2.87. The zero-order chi connectivity index (χ0) is 15.5. The Balaban J connectivity index is 2.21. The van der Waals surface area contributed by atoms with Crippen LogP contribution in [-0.2, 0) is 17.8 Å². The number of aromatic nitrogens is 3.